The van der Waals surface area contributed by atoms with E-state index < -0.39 is 17.4 Å². The van der Waals surface area contributed by atoms with Gasteiger partial charge in [0, 0.05) is 44.7 Å². The zero-order valence-electron chi connectivity index (χ0n) is 21.6. The number of hydrogen-bond donors (Lipinski definition) is 1. The van der Waals surface area contributed by atoms with Crippen molar-refractivity contribution in [2.45, 2.75) is 45.0 Å². The van der Waals surface area contributed by atoms with Gasteiger partial charge in [0.25, 0.3) is 5.56 Å². The van der Waals surface area contributed by atoms with Crippen molar-refractivity contribution in [1.29, 1.82) is 0 Å². The largest absolute Gasteiger partial charge is 0.390 e. The second-order valence-electron chi connectivity index (χ2n) is 11.1. The van der Waals surface area contributed by atoms with E-state index in [9.17, 15) is 19.5 Å². The number of carbonyl (C=O) groups excluding carboxylic acids is 1. The minimum Gasteiger partial charge on any atom is -0.390 e. The number of likely N-dealkylation sites (tertiary alicyclic amines) is 1. The monoisotopic (exact) mass is 518 g/mol. The fourth-order valence-electron chi connectivity index (χ4n) is 6.32. The van der Waals surface area contributed by atoms with Gasteiger partial charge in [-0.05, 0) is 42.5 Å². The van der Waals surface area contributed by atoms with Crippen LogP contribution in [0.3, 0.4) is 0 Å². The molecular formula is C29H34N4O5. The SMILES string of the molecule is O=C(Cn1c(=O)n(CC(O)CN2CCc3ccccc3C2)c(=O)c2ccccc21)N1CCC2(CCOC2)C1. The first-order chi connectivity index (χ1) is 18.4. The van der Waals surface area contributed by atoms with E-state index in [-0.39, 0.29) is 24.4 Å². The van der Waals surface area contributed by atoms with Crippen molar-refractivity contribution in [3.05, 3.63) is 80.5 Å². The predicted molar refractivity (Wildman–Crippen MR) is 143 cm³/mol. The molecule has 3 aliphatic rings. The Morgan fingerprint density at radius 3 is 2.58 bits per heavy atom. The molecule has 2 aromatic carbocycles. The van der Waals surface area contributed by atoms with Crippen LogP contribution in [-0.4, -0.2) is 75.4 Å². The van der Waals surface area contributed by atoms with Gasteiger partial charge < -0.3 is 14.7 Å². The van der Waals surface area contributed by atoms with Crippen LogP contribution >= 0.6 is 0 Å². The van der Waals surface area contributed by atoms with Gasteiger partial charge in [0.05, 0.1) is 30.2 Å². The average molecular weight is 519 g/mol. The van der Waals surface area contributed by atoms with Gasteiger partial charge in [0.1, 0.15) is 6.54 Å². The molecule has 0 saturated carbocycles. The van der Waals surface area contributed by atoms with Crippen molar-refractivity contribution in [3.63, 3.8) is 0 Å². The number of benzene rings is 2. The number of rotatable bonds is 6. The lowest BCUT2D eigenvalue weighted by Gasteiger charge is -2.30. The molecule has 2 atom stereocenters. The lowest BCUT2D eigenvalue weighted by atomic mass is 9.87. The lowest BCUT2D eigenvalue weighted by molar-refractivity contribution is -0.131. The molecule has 4 heterocycles. The van der Waals surface area contributed by atoms with E-state index >= 15 is 0 Å². The number of carbonyl (C=O) groups is 1. The van der Waals surface area contributed by atoms with E-state index in [1.807, 2.05) is 17.0 Å². The third kappa shape index (κ3) is 4.70. The first kappa shape index (κ1) is 25.0. The maximum absolute atomic E-state index is 13.6. The molecule has 1 aromatic heterocycles. The van der Waals surface area contributed by atoms with Crippen molar-refractivity contribution in [1.82, 2.24) is 18.9 Å². The molecular weight excluding hydrogens is 484 g/mol. The molecule has 0 radical (unpaired) electrons. The lowest BCUT2D eigenvalue weighted by Crippen LogP contribution is -2.47. The zero-order chi connectivity index (χ0) is 26.3. The van der Waals surface area contributed by atoms with E-state index in [4.69, 9.17) is 4.74 Å². The zero-order valence-corrected chi connectivity index (χ0v) is 21.6. The summed E-state index contributed by atoms with van der Waals surface area (Å²) in [5.74, 6) is -0.140. The van der Waals surface area contributed by atoms with Gasteiger partial charge >= 0.3 is 5.69 Å². The van der Waals surface area contributed by atoms with E-state index in [1.54, 1.807) is 24.3 Å². The number of aromatic nitrogens is 2. The van der Waals surface area contributed by atoms with Gasteiger partial charge in [0.2, 0.25) is 5.91 Å². The molecule has 3 aromatic rings. The highest BCUT2D eigenvalue weighted by atomic mass is 16.5. The molecule has 2 unspecified atom stereocenters. The Labute approximate surface area is 220 Å². The molecule has 0 bridgehead atoms. The number of amides is 1. The number of aliphatic hydroxyl groups is 1. The summed E-state index contributed by atoms with van der Waals surface area (Å²) in [5.41, 5.74) is 2.01. The van der Waals surface area contributed by atoms with E-state index in [1.165, 1.54) is 15.7 Å². The van der Waals surface area contributed by atoms with Gasteiger partial charge in [-0.3, -0.25) is 23.6 Å². The summed E-state index contributed by atoms with van der Waals surface area (Å²) < 4.78 is 8.06. The van der Waals surface area contributed by atoms with Gasteiger partial charge in [0.15, 0.2) is 0 Å². The quantitative estimate of drug-likeness (QED) is 0.527. The van der Waals surface area contributed by atoms with Crippen molar-refractivity contribution in [2.24, 2.45) is 5.41 Å². The molecule has 9 heteroatoms. The Bertz CT molecular complexity index is 1470. The topological polar surface area (TPSA) is 97.0 Å². The van der Waals surface area contributed by atoms with Gasteiger partial charge in [-0.2, -0.15) is 0 Å². The van der Waals surface area contributed by atoms with Gasteiger partial charge in [-0.15, -0.1) is 0 Å². The first-order valence-electron chi connectivity index (χ1n) is 13.5. The fourth-order valence-corrected chi connectivity index (χ4v) is 6.32. The Morgan fingerprint density at radius 2 is 1.76 bits per heavy atom. The summed E-state index contributed by atoms with van der Waals surface area (Å²) >= 11 is 0. The van der Waals surface area contributed by atoms with Crippen LogP contribution in [0.25, 0.3) is 10.9 Å². The molecule has 1 N–H and O–H groups in total. The average Bonchev–Trinajstić information content (AvgIpc) is 3.58. The highest BCUT2D eigenvalue weighted by Crippen LogP contribution is 2.38. The summed E-state index contributed by atoms with van der Waals surface area (Å²) in [6, 6.07) is 15.2. The number of ether oxygens (including phenoxy) is 1. The van der Waals surface area contributed by atoms with Crippen LogP contribution < -0.4 is 11.2 Å². The van der Waals surface area contributed by atoms with E-state index in [0.29, 0.717) is 37.1 Å². The number of hydrogen-bond acceptors (Lipinski definition) is 6. The van der Waals surface area contributed by atoms with Crippen LogP contribution in [0.1, 0.15) is 24.0 Å². The molecule has 0 aliphatic carbocycles. The summed E-state index contributed by atoms with van der Waals surface area (Å²) in [6.45, 7) is 4.29. The molecule has 3 aliphatic heterocycles. The fraction of sp³-hybridized carbons (Fsp3) is 0.483. The highest BCUT2D eigenvalue weighted by Gasteiger charge is 2.42. The van der Waals surface area contributed by atoms with Crippen molar-refractivity contribution in [2.75, 3.05) is 39.4 Å². The summed E-state index contributed by atoms with van der Waals surface area (Å²) in [6.07, 6.45) is 1.85. The molecule has 6 rings (SSSR count). The molecule has 200 valence electrons. The number of β-amino-alcohol motifs (C(OH)–C–C–N with tert-alkyl or cyclic N) is 1. The van der Waals surface area contributed by atoms with Crippen molar-refractivity contribution < 1.29 is 14.6 Å². The van der Waals surface area contributed by atoms with Crippen molar-refractivity contribution in [3.8, 4) is 0 Å². The number of aliphatic hydroxyl groups excluding tert-OH is 1. The van der Waals surface area contributed by atoms with E-state index in [2.05, 4.69) is 17.0 Å². The summed E-state index contributed by atoms with van der Waals surface area (Å²) in [5, 5.41) is 11.3. The Morgan fingerprint density at radius 1 is 0.974 bits per heavy atom. The molecule has 2 fully saturated rings. The Kier molecular flexibility index (Phi) is 6.67. The summed E-state index contributed by atoms with van der Waals surface area (Å²) in [4.78, 5) is 44.2. The first-order valence-corrected chi connectivity index (χ1v) is 13.5. The van der Waals surface area contributed by atoms with Gasteiger partial charge in [-0.1, -0.05) is 36.4 Å². The molecule has 38 heavy (non-hydrogen) atoms. The maximum Gasteiger partial charge on any atom is 0.332 e. The molecule has 1 amide bonds. The van der Waals surface area contributed by atoms with Crippen LogP contribution in [0.4, 0.5) is 0 Å². The van der Waals surface area contributed by atoms with Crippen LogP contribution in [0.2, 0.25) is 0 Å². The number of nitrogens with zero attached hydrogens (tertiary/aromatic N) is 4. The van der Waals surface area contributed by atoms with Gasteiger partial charge in [-0.25, -0.2) is 4.79 Å². The van der Waals surface area contributed by atoms with E-state index in [0.717, 1.165) is 43.5 Å². The van der Waals surface area contributed by atoms with Crippen LogP contribution in [0, 0.1) is 5.41 Å². The van der Waals surface area contributed by atoms with Crippen LogP contribution in [-0.2, 0) is 35.6 Å². The minimum absolute atomic E-state index is 0.0283. The van der Waals surface area contributed by atoms with Crippen molar-refractivity contribution >= 4 is 16.8 Å². The van der Waals surface area contributed by atoms with Crippen LogP contribution in [0.5, 0.6) is 0 Å². The predicted octanol–water partition coefficient (Wildman–Crippen LogP) is 1.22. The molecule has 9 nitrogen and oxygen atoms in total. The standard InChI is InChI=1S/C29H34N4O5/c34-23(16-30-12-9-21-5-1-2-6-22(21)15-30)17-33-27(36)24-7-3-4-8-25(24)32(28(33)37)18-26(35)31-13-10-29(19-31)11-14-38-20-29/h1-8,23,34H,9-20H2. The second kappa shape index (κ2) is 10.1. The highest BCUT2D eigenvalue weighted by molar-refractivity contribution is 5.81. The number of fused-ring (bicyclic) bond motifs is 2. The minimum atomic E-state index is -0.906. The maximum atomic E-state index is 13.6. The normalized spacial score (nSPS) is 22.3. The Hall–Kier alpha value is -3.27. The Balaban J connectivity index is 1.23. The summed E-state index contributed by atoms with van der Waals surface area (Å²) in [7, 11) is 0. The number of para-hydroxylation sites is 1. The third-order valence-electron chi connectivity index (χ3n) is 8.47. The molecule has 2 saturated heterocycles. The smallest absolute Gasteiger partial charge is 0.332 e. The molecule has 1 spiro atoms. The van der Waals surface area contributed by atoms with Crippen LogP contribution in [0.15, 0.2) is 58.1 Å². The third-order valence-corrected chi connectivity index (χ3v) is 8.47. The second-order valence-corrected chi connectivity index (χ2v) is 11.1.